The summed E-state index contributed by atoms with van der Waals surface area (Å²) in [6.07, 6.45) is -1.38. The van der Waals surface area contributed by atoms with Crippen molar-refractivity contribution < 1.29 is 37.5 Å². The van der Waals surface area contributed by atoms with E-state index in [1.165, 1.54) is 7.11 Å². The Morgan fingerprint density at radius 1 is 1.10 bits per heavy atom. The highest BCUT2D eigenvalue weighted by Gasteiger charge is 2.51. The molecule has 162 valence electrons. The third kappa shape index (κ3) is 5.07. The molecule has 1 aliphatic heterocycles. The zero-order valence-electron chi connectivity index (χ0n) is 17.5. The molecule has 1 fully saturated rings. The highest BCUT2D eigenvalue weighted by Crippen LogP contribution is 2.41. The summed E-state index contributed by atoms with van der Waals surface area (Å²) in [5, 5.41) is 0. The number of hydrogen-bond acceptors (Lipinski definition) is 7. The maximum Gasteiger partial charge on any atom is 0.164 e. The predicted molar refractivity (Wildman–Crippen MR) is 103 cm³/mol. The van der Waals surface area contributed by atoms with Crippen molar-refractivity contribution in [3.05, 3.63) is 35.2 Å². The second-order valence-corrected chi connectivity index (χ2v) is 7.46. The summed E-state index contributed by atoms with van der Waals surface area (Å²) in [5.74, 6) is 0.142. The first kappa shape index (κ1) is 22.0. The standard InChI is InChI=1S/C21H29FO7/c1-21(2)28-19-17(27-12-23-3)9-14(18(22)20(19)29-21)11-26-10-13-8-15(24-4)6-7-16(13)25-5/h6-8,17,19-20H,9-12H2,1-5H3/t17-,19+,20-/m1/s1. The molecule has 1 aliphatic carbocycles. The fourth-order valence-electron chi connectivity index (χ4n) is 3.63. The number of hydrogen-bond donors (Lipinski definition) is 0. The van der Waals surface area contributed by atoms with Gasteiger partial charge in [-0.2, -0.15) is 0 Å². The minimum Gasteiger partial charge on any atom is -0.497 e. The van der Waals surface area contributed by atoms with Gasteiger partial charge in [-0.15, -0.1) is 0 Å². The first-order valence-corrected chi connectivity index (χ1v) is 9.50. The van der Waals surface area contributed by atoms with E-state index in [0.29, 0.717) is 23.5 Å². The van der Waals surface area contributed by atoms with Gasteiger partial charge in [0.1, 0.15) is 36.3 Å². The summed E-state index contributed by atoms with van der Waals surface area (Å²) in [6.45, 7) is 3.96. The average molecular weight is 412 g/mol. The smallest absolute Gasteiger partial charge is 0.164 e. The summed E-state index contributed by atoms with van der Waals surface area (Å²) >= 11 is 0. The molecule has 1 saturated heterocycles. The minimum atomic E-state index is -0.883. The zero-order chi connectivity index (χ0) is 21.0. The van der Waals surface area contributed by atoms with Crippen LogP contribution in [0.15, 0.2) is 29.6 Å². The lowest BCUT2D eigenvalue weighted by atomic mass is 9.91. The monoisotopic (exact) mass is 412 g/mol. The first-order chi connectivity index (χ1) is 13.9. The Morgan fingerprint density at radius 3 is 2.59 bits per heavy atom. The normalized spacial score (nSPS) is 25.8. The van der Waals surface area contributed by atoms with Crippen LogP contribution >= 0.6 is 0 Å². The van der Waals surface area contributed by atoms with E-state index in [-0.39, 0.29) is 31.9 Å². The third-order valence-electron chi connectivity index (χ3n) is 4.95. The van der Waals surface area contributed by atoms with Gasteiger partial charge in [0, 0.05) is 19.1 Å². The molecule has 0 amide bonds. The second-order valence-electron chi connectivity index (χ2n) is 7.46. The van der Waals surface area contributed by atoms with Gasteiger partial charge in [-0.05, 0) is 37.6 Å². The van der Waals surface area contributed by atoms with Crippen LogP contribution in [0.1, 0.15) is 25.8 Å². The van der Waals surface area contributed by atoms with Crippen molar-refractivity contribution in [1.82, 2.24) is 0 Å². The van der Waals surface area contributed by atoms with Gasteiger partial charge >= 0.3 is 0 Å². The highest BCUT2D eigenvalue weighted by molar-refractivity contribution is 5.40. The summed E-state index contributed by atoms with van der Waals surface area (Å²) in [5.41, 5.74) is 1.31. The van der Waals surface area contributed by atoms with Gasteiger partial charge < -0.3 is 33.2 Å². The number of benzene rings is 1. The highest BCUT2D eigenvalue weighted by atomic mass is 19.1. The molecule has 1 aromatic rings. The van der Waals surface area contributed by atoms with E-state index in [4.69, 9.17) is 33.2 Å². The molecule has 0 aromatic heterocycles. The molecule has 0 unspecified atom stereocenters. The molecular weight excluding hydrogens is 383 g/mol. The van der Waals surface area contributed by atoms with Gasteiger partial charge in [0.15, 0.2) is 5.79 Å². The van der Waals surface area contributed by atoms with E-state index >= 15 is 4.39 Å². The van der Waals surface area contributed by atoms with Gasteiger partial charge in [0.25, 0.3) is 0 Å². The molecule has 0 bridgehead atoms. The summed E-state index contributed by atoms with van der Waals surface area (Å²) in [6, 6.07) is 5.45. The van der Waals surface area contributed by atoms with Crippen LogP contribution < -0.4 is 9.47 Å². The quantitative estimate of drug-likeness (QED) is 0.576. The molecule has 3 rings (SSSR count). The van der Waals surface area contributed by atoms with Crippen LogP contribution in [0.3, 0.4) is 0 Å². The molecule has 1 aromatic carbocycles. The van der Waals surface area contributed by atoms with Crippen molar-refractivity contribution in [2.45, 2.75) is 51.0 Å². The predicted octanol–water partition coefficient (Wildman–Crippen LogP) is 3.36. The van der Waals surface area contributed by atoms with E-state index in [2.05, 4.69) is 0 Å². The van der Waals surface area contributed by atoms with E-state index < -0.39 is 18.0 Å². The van der Waals surface area contributed by atoms with Crippen LogP contribution in [0, 0.1) is 0 Å². The Hall–Kier alpha value is -1.71. The van der Waals surface area contributed by atoms with Crippen molar-refractivity contribution >= 4 is 0 Å². The fourth-order valence-corrected chi connectivity index (χ4v) is 3.63. The van der Waals surface area contributed by atoms with Crippen molar-refractivity contribution in [3.8, 4) is 11.5 Å². The van der Waals surface area contributed by atoms with E-state index in [1.807, 2.05) is 18.2 Å². The molecule has 3 atom stereocenters. The number of methoxy groups -OCH3 is 3. The maximum atomic E-state index is 15.1. The van der Waals surface area contributed by atoms with Crippen LogP contribution in [-0.4, -0.2) is 58.8 Å². The van der Waals surface area contributed by atoms with Crippen LogP contribution in [0.25, 0.3) is 0 Å². The SMILES string of the molecule is COCO[C@@H]1CC(COCc2cc(OC)ccc2OC)=C(F)[C@H]2OC(C)(C)O[C@H]21. The molecule has 0 radical (unpaired) electrons. The molecule has 29 heavy (non-hydrogen) atoms. The maximum absolute atomic E-state index is 15.1. The number of fused-ring (bicyclic) bond motifs is 1. The summed E-state index contributed by atoms with van der Waals surface area (Å²) in [7, 11) is 4.72. The molecule has 0 spiro atoms. The van der Waals surface area contributed by atoms with Crippen molar-refractivity contribution in [3.63, 3.8) is 0 Å². The van der Waals surface area contributed by atoms with Gasteiger partial charge in [0.05, 0.1) is 33.5 Å². The lowest BCUT2D eigenvalue weighted by Crippen LogP contribution is -2.42. The molecule has 0 saturated carbocycles. The average Bonchev–Trinajstić information content (AvgIpc) is 3.04. The molecule has 2 aliphatic rings. The van der Waals surface area contributed by atoms with Crippen molar-refractivity contribution in [2.75, 3.05) is 34.7 Å². The summed E-state index contributed by atoms with van der Waals surface area (Å²) < 4.78 is 53.9. The number of ether oxygens (including phenoxy) is 7. The van der Waals surface area contributed by atoms with Gasteiger partial charge in [-0.3, -0.25) is 0 Å². The van der Waals surface area contributed by atoms with Crippen molar-refractivity contribution in [2.24, 2.45) is 0 Å². The van der Waals surface area contributed by atoms with Crippen LogP contribution in [0.4, 0.5) is 4.39 Å². The Morgan fingerprint density at radius 2 is 1.90 bits per heavy atom. The largest absolute Gasteiger partial charge is 0.497 e. The topological polar surface area (TPSA) is 64.6 Å². The Labute approximate surface area is 170 Å². The molecule has 8 heteroatoms. The Bertz CT molecular complexity index is 734. The summed E-state index contributed by atoms with van der Waals surface area (Å²) in [4.78, 5) is 0. The van der Waals surface area contributed by atoms with Gasteiger partial charge in [-0.25, -0.2) is 4.39 Å². The Kier molecular flexibility index (Phi) is 7.13. The van der Waals surface area contributed by atoms with Crippen LogP contribution in [-0.2, 0) is 30.3 Å². The van der Waals surface area contributed by atoms with Crippen LogP contribution in [0.2, 0.25) is 0 Å². The first-order valence-electron chi connectivity index (χ1n) is 9.50. The van der Waals surface area contributed by atoms with E-state index in [0.717, 1.165) is 5.56 Å². The lowest BCUT2D eigenvalue weighted by Gasteiger charge is -2.31. The number of halogens is 1. The third-order valence-corrected chi connectivity index (χ3v) is 4.95. The minimum absolute atomic E-state index is 0.0917. The zero-order valence-corrected chi connectivity index (χ0v) is 17.5. The molecular formula is C21H29FO7. The number of rotatable bonds is 9. The van der Waals surface area contributed by atoms with Crippen molar-refractivity contribution in [1.29, 1.82) is 0 Å². The van der Waals surface area contributed by atoms with E-state index in [9.17, 15) is 0 Å². The molecule has 7 nitrogen and oxygen atoms in total. The molecule has 0 N–H and O–H groups in total. The molecule has 1 heterocycles. The van der Waals surface area contributed by atoms with Crippen LogP contribution in [0.5, 0.6) is 11.5 Å². The lowest BCUT2D eigenvalue weighted by molar-refractivity contribution is -0.168. The van der Waals surface area contributed by atoms with E-state index in [1.54, 1.807) is 28.1 Å². The fraction of sp³-hybridized carbons (Fsp3) is 0.619. The van der Waals surface area contributed by atoms with Gasteiger partial charge in [0.2, 0.25) is 0 Å². The second kappa shape index (κ2) is 9.40. The van der Waals surface area contributed by atoms with Gasteiger partial charge in [-0.1, -0.05) is 0 Å². The Balaban J connectivity index is 1.70.